The Morgan fingerprint density at radius 2 is 1.67 bits per heavy atom. The lowest BCUT2D eigenvalue weighted by atomic mass is 9.85. The van der Waals surface area contributed by atoms with E-state index in [1.165, 1.54) is 0 Å². The van der Waals surface area contributed by atoms with E-state index in [-0.39, 0.29) is 12.3 Å². The Bertz CT molecular complexity index is 885. The van der Waals surface area contributed by atoms with Crippen LogP contribution in [0.25, 0.3) is 0 Å². The predicted octanol–water partition coefficient (Wildman–Crippen LogP) is 2.31. The molecule has 2 aliphatic rings. The van der Waals surface area contributed by atoms with Crippen molar-refractivity contribution in [3.8, 4) is 0 Å². The van der Waals surface area contributed by atoms with E-state index in [0.717, 1.165) is 5.69 Å². The molecule has 0 radical (unpaired) electrons. The number of likely N-dealkylation sites (tertiary alicyclic amines) is 1. The molecule has 0 bridgehead atoms. The van der Waals surface area contributed by atoms with Gasteiger partial charge < -0.3 is 16.0 Å². The van der Waals surface area contributed by atoms with E-state index in [9.17, 15) is 14.0 Å². The number of hydrogen-bond acceptors (Lipinski definition) is 5. The van der Waals surface area contributed by atoms with Crippen molar-refractivity contribution in [3.63, 3.8) is 0 Å². The smallest absolute Gasteiger partial charge is 0.247 e. The van der Waals surface area contributed by atoms with Crippen molar-refractivity contribution in [2.45, 2.75) is 37.1 Å². The number of halogens is 1. The van der Waals surface area contributed by atoms with Crippen LogP contribution in [0.4, 0.5) is 10.1 Å². The SMILES string of the molecule is NC(CC(F)C(=O)c1ccccc1)N1CCC2(CC1)C(=O)NCN2c1ccccc1. The molecule has 0 aliphatic carbocycles. The third kappa shape index (κ3) is 3.82. The maximum atomic E-state index is 14.6. The Balaban J connectivity index is 1.39. The molecule has 30 heavy (non-hydrogen) atoms. The number of carbonyl (C=O) groups is 2. The maximum absolute atomic E-state index is 14.6. The second-order valence-corrected chi connectivity index (χ2v) is 8.00. The zero-order valence-electron chi connectivity index (χ0n) is 16.8. The molecule has 158 valence electrons. The van der Waals surface area contributed by atoms with Gasteiger partial charge in [0.25, 0.3) is 0 Å². The normalized spacial score (nSPS) is 20.7. The number of Topliss-reactive ketones (excluding diaryl/α,β-unsaturated/α-hetero) is 1. The summed E-state index contributed by atoms with van der Waals surface area (Å²) >= 11 is 0. The molecule has 4 rings (SSSR count). The monoisotopic (exact) mass is 410 g/mol. The summed E-state index contributed by atoms with van der Waals surface area (Å²) in [7, 11) is 0. The highest BCUT2D eigenvalue weighted by atomic mass is 19.1. The summed E-state index contributed by atoms with van der Waals surface area (Å²) in [6, 6.07) is 18.3. The first-order valence-electron chi connectivity index (χ1n) is 10.4. The first-order valence-corrected chi connectivity index (χ1v) is 10.4. The molecular weight excluding hydrogens is 383 g/mol. The van der Waals surface area contributed by atoms with Crippen LogP contribution in [0.3, 0.4) is 0 Å². The number of carbonyl (C=O) groups excluding carboxylic acids is 2. The Hall–Kier alpha value is -2.77. The van der Waals surface area contributed by atoms with Crippen LogP contribution in [-0.2, 0) is 4.79 Å². The first-order chi connectivity index (χ1) is 14.5. The van der Waals surface area contributed by atoms with Crippen LogP contribution in [0.1, 0.15) is 29.6 Å². The van der Waals surface area contributed by atoms with Gasteiger partial charge in [-0.05, 0) is 25.0 Å². The van der Waals surface area contributed by atoms with Crippen molar-refractivity contribution in [2.24, 2.45) is 5.73 Å². The zero-order valence-corrected chi connectivity index (χ0v) is 16.8. The number of rotatable bonds is 6. The van der Waals surface area contributed by atoms with E-state index in [0.29, 0.717) is 38.2 Å². The number of benzene rings is 2. The van der Waals surface area contributed by atoms with Gasteiger partial charge in [0.1, 0.15) is 5.54 Å². The van der Waals surface area contributed by atoms with Gasteiger partial charge in [0.05, 0.1) is 12.8 Å². The molecule has 1 amide bonds. The molecule has 2 saturated heterocycles. The Labute approximate surface area is 175 Å². The lowest BCUT2D eigenvalue weighted by molar-refractivity contribution is -0.125. The van der Waals surface area contributed by atoms with Crippen molar-refractivity contribution >= 4 is 17.4 Å². The third-order valence-electron chi connectivity index (χ3n) is 6.29. The van der Waals surface area contributed by atoms with Crippen LogP contribution in [0.15, 0.2) is 60.7 Å². The van der Waals surface area contributed by atoms with Crippen molar-refractivity contribution in [1.29, 1.82) is 0 Å². The fourth-order valence-corrected chi connectivity index (χ4v) is 4.51. The van der Waals surface area contributed by atoms with Crippen molar-refractivity contribution in [1.82, 2.24) is 10.2 Å². The summed E-state index contributed by atoms with van der Waals surface area (Å²) in [5.41, 5.74) is 7.01. The summed E-state index contributed by atoms with van der Waals surface area (Å²) in [6.07, 6.45) is -1.07. The van der Waals surface area contributed by atoms with Crippen molar-refractivity contribution in [3.05, 3.63) is 66.2 Å². The number of anilines is 1. The number of alkyl halides is 1. The fraction of sp³-hybridized carbons (Fsp3) is 0.391. The van der Waals surface area contributed by atoms with Gasteiger partial charge in [-0.1, -0.05) is 48.5 Å². The molecular formula is C23H27FN4O2. The van der Waals surface area contributed by atoms with Gasteiger partial charge >= 0.3 is 0 Å². The molecule has 3 N–H and O–H groups in total. The molecule has 0 aromatic heterocycles. The average Bonchev–Trinajstić information content (AvgIpc) is 3.10. The highest BCUT2D eigenvalue weighted by Gasteiger charge is 2.50. The Morgan fingerprint density at radius 1 is 1.07 bits per heavy atom. The van der Waals surface area contributed by atoms with E-state index in [1.54, 1.807) is 30.3 Å². The van der Waals surface area contributed by atoms with Gasteiger partial charge in [-0.25, -0.2) is 4.39 Å². The molecule has 7 heteroatoms. The number of amides is 1. The molecule has 6 nitrogen and oxygen atoms in total. The molecule has 0 saturated carbocycles. The van der Waals surface area contributed by atoms with Gasteiger partial charge in [0, 0.05) is 30.8 Å². The number of para-hydroxylation sites is 1. The second kappa shape index (κ2) is 8.53. The molecule has 2 aliphatic heterocycles. The highest BCUT2D eigenvalue weighted by Crippen LogP contribution is 2.36. The van der Waals surface area contributed by atoms with Crippen LogP contribution < -0.4 is 16.0 Å². The second-order valence-electron chi connectivity index (χ2n) is 8.00. The lowest BCUT2D eigenvalue weighted by Gasteiger charge is -2.44. The molecule has 2 heterocycles. The largest absolute Gasteiger partial charge is 0.339 e. The van der Waals surface area contributed by atoms with Gasteiger partial charge in [0.15, 0.2) is 12.0 Å². The first kappa shape index (κ1) is 20.5. The minimum atomic E-state index is -1.64. The minimum Gasteiger partial charge on any atom is -0.339 e. The van der Waals surface area contributed by atoms with Crippen LogP contribution in [0, 0.1) is 0 Å². The summed E-state index contributed by atoms with van der Waals surface area (Å²) < 4.78 is 14.6. The zero-order chi connectivity index (χ0) is 21.1. The van der Waals surface area contributed by atoms with Gasteiger partial charge in [-0.2, -0.15) is 0 Å². The Morgan fingerprint density at radius 3 is 2.30 bits per heavy atom. The number of nitrogens with two attached hydrogens (primary N) is 1. The Kier molecular flexibility index (Phi) is 5.83. The third-order valence-corrected chi connectivity index (χ3v) is 6.29. The van der Waals surface area contributed by atoms with E-state index in [1.807, 2.05) is 35.2 Å². The fourth-order valence-electron chi connectivity index (χ4n) is 4.51. The number of hydrogen-bond donors (Lipinski definition) is 2. The van der Waals surface area contributed by atoms with Gasteiger partial charge in [-0.3, -0.25) is 14.5 Å². The molecule has 1 spiro atoms. The van der Waals surface area contributed by atoms with Crippen LogP contribution in [0.2, 0.25) is 0 Å². The lowest BCUT2D eigenvalue weighted by Crippen LogP contribution is -2.59. The topological polar surface area (TPSA) is 78.7 Å². The van der Waals surface area contributed by atoms with Crippen LogP contribution in [0.5, 0.6) is 0 Å². The minimum absolute atomic E-state index is 0.0298. The quantitative estimate of drug-likeness (QED) is 0.715. The molecule has 2 fully saturated rings. The van der Waals surface area contributed by atoms with Crippen molar-refractivity contribution < 1.29 is 14.0 Å². The number of nitrogens with one attached hydrogen (secondary N) is 1. The van der Waals surface area contributed by atoms with Crippen LogP contribution in [-0.4, -0.2) is 54.2 Å². The van der Waals surface area contributed by atoms with Gasteiger partial charge in [-0.15, -0.1) is 0 Å². The molecule has 2 aromatic rings. The molecule has 2 aromatic carbocycles. The molecule has 2 unspecified atom stereocenters. The van der Waals surface area contributed by atoms with Crippen molar-refractivity contribution in [2.75, 3.05) is 24.7 Å². The number of nitrogens with zero attached hydrogens (tertiary/aromatic N) is 2. The van der Waals surface area contributed by atoms with E-state index >= 15 is 0 Å². The maximum Gasteiger partial charge on any atom is 0.247 e. The summed E-state index contributed by atoms with van der Waals surface area (Å²) in [4.78, 5) is 29.1. The van der Waals surface area contributed by atoms with Gasteiger partial charge in [0.2, 0.25) is 5.91 Å². The standard InChI is InChI=1S/C23H27FN4O2/c24-19(21(29)17-7-3-1-4-8-17)15-20(25)27-13-11-23(12-14-27)22(30)26-16-28(23)18-9-5-2-6-10-18/h1-10,19-20H,11-16,25H2,(H,26,30). The predicted molar refractivity (Wildman–Crippen MR) is 114 cm³/mol. The number of piperidine rings is 1. The van der Waals surface area contributed by atoms with E-state index in [2.05, 4.69) is 10.2 Å². The molecule has 2 atom stereocenters. The van der Waals surface area contributed by atoms with Crippen LogP contribution >= 0.6 is 0 Å². The highest BCUT2D eigenvalue weighted by molar-refractivity contribution is 5.99. The average molecular weight is 410 g/mol. The van der Waals surface area contributed by atoms with E-state index in [4.69, 9.17) is 5.73 Å². The summed E-state index contributed by atoms with van der Waals surface area (Å²) in [5, 5.41) is 2.97. The summed E-state index contributed by atoms with van der Waals surface area (Å²) in [6.45, 7) is 1.63. The number of ketones is 1. The summed E-state index contributed by atoms with van der Waals surface area (Å²) in [5.74, 6) is -0.507. The van der Waals surface area contributed by atoms with E-state index < -0.39 is 23.7 Å².